The highest BCUT2D eigenvalue weighted by atomic mass is 32.1. The van der Waals surface area contributed by atoms with Gasteiger partial charge in [-0.05, 0) is 12.1 Å². The Bertz CT molecular complexity index is 919. The van der Waals surface area contributed by atoms with Crippen LogP contribution in [0.15, 0.2) is 30.7 Å². The number of carbonyl (C=O) groups is 1. The molecular formula is C14H11F3N6OS. The predicted octanol–water partition coefficient (Wildman–Crippen LogP) is 2.39. The monoisotopic (exact) mass is 368 g/mol. The van der Waals surface area contributed by atoms with E-state index >= 15 is 0 Å². The van der Waals surface area contributed by atoms with Crippen molar-refractivity contribution >= 4 is 17.2 Å². The van der Waals surface area contributed by atoms with Gasteiger partial charge in [0, 0.05) is 6.20 Å². The number of hydrogen-bond acceptors (Lipinski definition) is 6. The first-order chi connectivity index (χ1) is 11.8. The number of rotatable bonds is 4. The van der Waals surface area contributed by atoms with Gasteiger partial charge in [0.05, 0.1) is 29.6 Å². The van der Waals surface area contributed by atoms with Crippen LogP contribution in [0.3, 0.4) is 0 Å². The molecule has 1 amide bonds. The summed E-state index contributed by atoms with van der Waals surface area (Å²) in [6.45, 7) is 1.79. The van der Waals surface area contributed by atoms with Crippen LogP contribution in [0.5, 0.6) is 0 Å². The summed E-state index contributed by atoms with van der Waals surface area (Å²) in [7, 11) is 0. The molecular weight excluding hydrogens is 357 g/mol. The number of primary amides is 1. The second kappa shape index (κ2) is 6.24. The highest BCUT2D eigenvalue weighted by Crippen LogP contribution is 2.30. The molecule has 0 spiro atoms. The van der Waals surface area contributed by atoms with Crippen molar-refractivity contribution in [1.29, 1.82) is 0 Å². The Kier molecular flexibility index (Phi) is 4.25. The van der Waals surface area contributed by atoms with Crippen molar-refractivity contribution in [2.75, 3.05) is 0 Å². The minimum Gasteiger partial charge on any atom is -0.365 e. The van der Waals surface area contributed by atoms with E-state index in [4.69, 9.17) is 5.73 Å². The largest absolute Gasteiger partial charge is 0.416 e. The number of aromatic nitrogens is 5. The number of nitrogens with zero attached hydrogens (tertiary/aromatic N) is 5. The van der Waals surface area contributed by atoms with Gasteiger partial charge in [-0.3, -0.25) is 4.79 Å². The summed E-state index contributed by atoms with van der Waals surface area (Å²) >= 11 is 1.13. The van der Waals surface area contributed by atoms with E-state index < -0.39 is 17.6 Å². The molecule has 0 saturated carbocycles. The van der Waals surface area contributed by atoms with E-state index in [0.717, 1.165) is 34.3 Å². The zero-order valence-electron chi connectivity index (χ0n) is 12.7. The van der Waals surface area contributed by atoms with Gasteiger partial charge >= 0.3 is 6.18 Å². The van der Waals surface area contributed by atoms with Crippen molar-refractivity contribution in [2.24, 2.45) is 5.73 Å². The number of thiazole rings is 1. The quantitative estimate of drug-likeness (QED) is 0.762. The highest BCUT2D eigenvalue weighted by Gasteiger charge is 2.31. The molecule has 130 valence electrons. The summed E-state index contributed by atoms with van der Waals surface area (Å²) in [4.78, 5) is 19.5. The molecule has 0 aliphatic heterocycles. The van der Waals surface area contributed by atoms with Gasteiger partial charge in [-0.1, -0.05) is 12.1 Å². The molecule has 3 aromatic heterocycles. The molecule has 11 heteroatoms. The van der Waals surface area contributed by atoms with E-state index in [0.29, 0.717) is 15.6 Å². The van der Waals surface area contributed by atoms with Gasteiger partial charge < -0.3 is 5.73 Å². The molecule has 0 aliphatic carbocycles. The summed E-state index contributed by atoms with van der Waals surface area (Å²) in [6, 6.07) is 1.77. The predicted molar refractivity (Wildman–Crippen MR) is 82.3 cm³/mol. The number of carbonyl (C=O) groups excluding carboxylic acids is 1. The molecule has 1 atom stereocenters. The molecule has 1 unspecified atom stereocenters. The summed E-state index contributed by atoms with van der Waals surface area (Å²) in [5.74, 6) is -0.886. The van der Waals surface area contributed by atoms with Crippen LogP contribution in [0, 0.1) is 0 Å². The van der Waals surface area contributed by atoms with E-state index in [9.17, 15) is 18.0 Å². The fourth-order valence-corrected chi connectivity index (χ4v) is 2.87. The number of pyridine rings is 1. The Morgan fingerprint density at radius 1 is 1.36 bits per heavy atom. The fourth-order valence-electron chi connectivity index (χ4n) is 2.04. The Hall–Kier alpha value is -2.82. The lowest BCUT2D eigenvalue weighted by Crippen LogP contribution is -2.08. The third kappa shape index (κ3) is 3.50. The maximum Gasteiger partial charge on any atom is 0.416 e. The first-order valence-corrected chi connectivity index (χ1v) is 7.78. The van der Waals surface area contributed by atoms with Crippen LogP contribution in [-0.2, 0) is 6.18 Å². The first kappa shape index (κ1) is 17.0. The second-order valence-electron chi connectivity index (χ2n) is 5.14. The lowest BCUT2D eigenvalue weighted by molar-refractivity contribution is -0.137. The highest BCUT2D eigenvalue weighted by molar-refractivity contribution is 7.13. The van der Waals surface area contributed by atoms with Crippen molar-refractivity contribution < 1.29 is 18.0 Å². The van der Waals surface area contributed by atoms with Crippen molar-refractivity contribution in [3.05, 3.63) is 51.9 Å². The molecule has 0 aromatic carbocycles. The fraction of sp³-hybridized carbons (Fsp3) is 0.214. The van der Waals surface area contributed by atoms with Crippen molar-refractivity contribution in [1.82, 2.24) is 25.0 Å². The summed E-state index contributed by atoms with van der Waals surface area (Å²) in [6.07, 6.45) is -0.570. The van der Waals surface area contributed by atoms with Gasteiger partial charge in [0.1, 0.15) is 9.88 Å². The molecule has 25 heavy (non-hydrogen) atoms. The molecule has 0 bridgehead atoms. The van der Waals surface area contributed by atoms with Crippen molar-refractivity contribution in [2.45, 2.75) is 19.0 Å². The van der Waals surface area contributed by atoms with Crippen LogP contribution in [0.4, 0.5) is 13.2 Å². The molecule has 3 rings (SSSR count). The minimum absolute atomic E-state index is 0.00209. The molecule has 3 heterocycles. The summed E-state index contributed by atoms with van der Waals surface area (Å²) < 4.78 is 39.5. The average molecular weight is 368 g/mol. The normalized spacial score (nSPS) is 13.0. The maximum absolute atomic E-state index is 12.8. The van der Waals surface area contributed by atoms with Crippen LogP contribution in [0.25, 0.3) is 5.82 Å². The second-order valence-corrected chi connectivity index (χ2v) is 6.20. The van der Waals surface area contributed by atoms with Gasteiger partial charge in [-0.2, -0.15) is 13.2 Å². The number of hydrogen-bond donors (Lipinski definition) is 1. The zero-order valence-corrected chi connectivity index (χ0v) is 13.5. The van der Waals surface area contributed by atoms with Crippen molar-refractivity contribution in [3.8, 4) is 5.82 Å². The minimum atomic E-state index is -4.47. The Labute approximate surface area is 143 Å². The molecule has 2 N–H and O–H groups in total. The topological polar surface area (TPSA) is 99.6 Å². The van der Waals surface area contributed by atoms with E-state index in [-0.39, 0.29) is 11.7 Å². The van der Waals surface area contributed by atoms with Crippen LogP contribution in [0.1, 0.15) is 38.8 Å². The van der Waals surface area contributed by atoms with E-state index in [2.05, 4.69) is 20.3 Å². The Morgan fingerprint density at radius 3 is 2.76 bits per heavy atom. The lowest BCUT2D eigenvalue weighted by Gasteiger charge is -2.07. The van der Waals surface area contributed by atoms with Gasteiger partial charge in [0.2, 0.25) is 0 Å². The number of halogens is 3. The van der Waals surface area contributed by atoms with E-state index in [1.165, 1.54) is 12.4 Å². The maximum atomic E-state index is 12.8. The third-order valence-electron chi connectivity index (χ3n) is 3.40. The molecule has 7 nitrogen and oxygen atoms in total. The standard InChI is InChI=1S/C14H11F3N6OS/c1-7(13-20-5-10(25-13)12(18)24)9-6-23(22-21-9)11-4-8(2-3-19-11)14(15,16)17/h2-7H,1H3,(H2,18,24). The summed E-state index contributed by atoms with van der Waals surface area (Å²) in [5, 5.41) is 8.37. The van der Waals surface area contributed by atoms with E-state index in [1.54, 1.807) is 6.92 Å². The van der Waals surface area contributed by atoms with Crippen LogP contribution in [-0.4, -0.2) is 30.9 Å². The zero-order chi connectivity index (χ0) is 18.2. The molecule has 0 aliphatic rings. The van der Waals surface area contributed by atoms with Crippen molar-refractivity contribution in [3.63, 3.8) is 0 Å². The van der Waals surface area contributed by atoms with Crippen LogP contribution < -0.4 is 5.73 Å². The van der Waals surface area contributed by atoms with Gasteiger partial charge in [-0.15, -0.1) is 16.4 Å². The van der Waals surface area contributed by atoms with Crippen LogP contribution >= 0.6 is 11.3 Å². The first-order valence-electron chi connectivity index (χ1n) is 6.97. The number of amides is 1. The van der Waals surface area contributed by atoms with Gasteiger partial charge in [0.25, 0.3) is 5.91 Å². The lowest BCUT2D eigenvalue weighted by atomic mass is 10.1. The van der Waals surface area contributed by atoms with E-state index in [1.807, 2.05) is 0 Å². The molecule has 0 fully saturated rings. The summed E-state index contributed by atoms with van der Waals surface area (Å²) in [5.41, 5.74) is 4.85. The Morgan fingerprint density at radius 2 is 2.12 bits per heavy atom. The van der Waals surface area contributed by atoms with Crippen LogP contribution in [0.2, 0.25) is 0 Å². The average Bonchev–Trinajstić information content (AvgIpc) is 3.23. The smallest absolute Gasteiger partial charge is 0.365 e. The SMILES string of the molecule is CC(c1cn(-c2cc(C(F)(F)F)ccn2)nn1)c1ncc(C(N)=O)s1. The molecule has 3 aromatic rings. The Balaban J connectivity index is 1.88. The molecule has 0 radical (unpaired) electrons. The third-order valence-corrected chi connectivity index (χ3v) is 4.59. The van der Waals surface area contributed by atoms with Gasteiger partial charge in [0.15, 0.2) is 5.82 Å². The number of nitrogens with two attached hydrogens (primary N) is 1. The molecule has 0 saturated heterocycles. The number of alkyl halides is 3. The van der Waals surface area contributed by atoms with Gasteiger partial charge in [-0.25, -0.2) is 14.6 Å².